The van der Waals surface area contributed by atoms with Crippen LogP contribution in [0.2, 0.25) is 0 Å². The molecular weight excluding hydrogens is 366 g/mol. The Balaban J connectivity index is 1.39. The van der Waals surface area contributed by atoms with E-state index in [2.05, 4.69) is 32.1 Å². The van der Waals surface area contributed by atoms with Crippen molar-refractivity contribution in [2.45, 2.75) is 38.6 Å². The predicted octanol–water partition coefficient (Wildman–Crippen LogP) is 2.59. The van der Waals surface area contributed by atoms with Crippen LogP contribution in [0.4, 0.5) is 17.6 Å². The molecule has 1 aromatic carbocycles. The van der Waals surface area contributed by atoms with Gasteiger partial charge in [0.1, 0.15) is 0 Å². The van der Waals surface area contributed by atoms with E-state index in [-0.39, 0.29) is 17.9 Å². The highest BCUT2D eigenvalue weighted by molar-refractivity contribution is 5.79. The van der Waals surface area contributed by atoms with Crippen LogP contribution in [0.5, 0.6) is 0 Å². The summed E-state index contributed by atoms with van der Waals surface area (Å²) in [6, 6.07) is 9.77. The van der Waals surface area contributed by atoms with Crippen molar-refractivity contribution in [3.63, 3.8) is 0 Å². The zero-order valence-corrected chi connectivity index (χ0v) is 16.9. The van der Waals surface area contributed by atoms with Crippen molar-refractivity contribution in [1.82, 2.24) is 24.8 Å². The number of benzene rings is 1. The topological polar surface area (TPSA) is 100 Å². The number of rotatable bonds is 5. The quantitative estimate of drug-likeness (QED) is 0.802. The fraction of sp³-hybridized carbons (Fsp3) is 0.524. The Morgan fingerprint density at radius 3 is 2.45 bits per heavy atom. The fourth-order valence-electron chi connectivity index (χ4n) is 4.20. The molecule has 0 radical (unpaired) electrons. The van der Waals surface area contributed by atoms with E-state index in [9.17, 15) is 4.79 Å². The lowest BCUT2D eigenvalue weighted by molar-refractivity contribution is -0.136. The maximum absolute atomic E-state index is 12.7. The number of piperidine rings is 1. The fourth-order valence-corrected chi connectivity index (χ4v) is 4.20. The molecule has 2 saturated heterocycles. The third kappa shape index (κ3) is 4.64. The highest BCUT2D eigenvalue weighted by Crippen LogP contribution is 2.28. The van der Waals surface area contributed by atoms with Gasteiger partial charge in [0.05, 0.1) is 6.04 Å². The second-order valence-electron chi connectivity index (χ2n) is 7.89. The molecule has 1 aromatic heterocycles. The Bertz CT molecular complexity index is 830. The first-order valence-corrected chi connectivity index (χ1v) is 10.5. The van der Waals surface area contributed by atoms with Crippen LogP contribution in [0.25, 0.3) is 0 Å². The first-order chi connectivity index (χ1) is 14.1. The summed E-state index contributed by atoms with van der Waals surface area (Å²) in [5.41, 5.74) is 6.84. The number of aromatic nitrogens is 3. The molecule has 0 aliphatic carbocycles. The van der Waals surface area contributed by atoms with E-state index in [1.54, 1.807) is 0 Å². The van der Waals surface area contributed by atoms with Gasteiger partial charge in [0.2, 0.25) is 17.8 Å². The molecule has 0 saturated carbocycles. The molecule has 2 aliphatic rings. The molecule has 0 bridgehead atoms. The largest absolute Gasteiger partial charge is 0.368 e. The summed E-state index contributed by atoms with van der Waals surface area (Å²) in [6.07, 6.45) is 4.05. The maximum atomic E-state index is 12.7. The molecule has 0 spiro atoms. The Kier molecular flexibility index (Phi) is 5.89. The number of hydrogen-bond acceptors (Lipinski definition) is 7. The highest BCUT2D eigenvalue weighted by Gasteiger charge is 2.32. The molecule has 4 rings (SSSR count). The van der Waals surface area contributed by atoms with Gasteiger partial charge in [-0.3, -0.25) is 9.69 Å². The third-order valence-electron chi connectivity index (χ3n) is 5.92. The number of amides is 1. The minimum atomic E-state index is 0.0134. The summed E-state index contributed by atoms with van der Waals surface area (Å²) < 4.78 is 0. The molecule has 1 amide bonds. The molecule has 29 heavy (non-hydrogen) atoms. The number of nitrogens with two attached hydrogens (primary N) is 1. The summed E-state index contributed by atoms with van der Waals surface area (Å²) in [6.45, 7) is 5.66. The van der Waals surface area contributed by atoms with Gasteiger partial charge in [0, 0.05) is 24.7 Å². The summed E-state index contributed by atoms with van der Waals surface area (Å²) in [4.78, 5) is 30.2. The number of nitrogen functional groups attached to an aromatic ring is 1. The lowest BCUT2D eigenvalue weighted by Crippen LogP contribution is -2.42. The molecule has 2 aliphatic heterocycles. The minimum Gasteiger partial charge on any atom is -0.368 e. The number of carbonyl (C=O) groups is 1. The van der Waals surface area contributed by atoms with Gasteiger partial charge >= 0.3 is 0 Å². The van der Waals surface area contributed by atoms with E-state index in [0.717, 1.165) is 57.5 Å². The highest BCUT2D eigenvalue weighted by atomic mass is 16.2. The third-order valence-corrected chi connectivity index (χ3v) is 5.92. The second-order valence-corrected chi connectivity index (χ2v) is 7.89. The van der Waals surface area contributed by atoms with E-state index in [1.165, 1.54) is 0 Å². The zero-order chi connectivity index (χ0) is 20.2. The number of likely N-dealkylation sites (tertiary alicyclic amines) is 2. The second kappa shape index (κ2) is 8.73. The molecule has 154 valence electrons. The molecule has 3 N–H and O–H groups in total. The van der Waals surface area contributed by atoms with E-state index in [1.807, 2.05) is 35.2 Å². The summed E-state index contributed by atoms with van der Waals surface area (Å²) in [5, 5.41) is 3.19. The molecular formula is C21H29N7O. The number of nitrogens with one attached hydrogen (secondary N) is 1. The van der Waals surface area contributed by atoms with Gasteiger partial charge in [-0.15, -0.1) is 0 Å². The number of carbonyl (C=O) groups excluding carboxylic acids is 1. The number of anilines is 3. The molecule has 1 atom stereocenters. The number of nitrogens with zero attached hydrogens (tertiary/aromatic N) is 5. The monoisotopic (exact) mass is 395 g/mol. The van der Waals surface area contributed by atoms with Crippen molar-refractivity contribution < 1.29 is 4.79 Å². The van der Waals surface area contributed by atoms with Gasteiger partial charge in [-0.1, -0.05) is 18.2 Å². The molecule has 8 nitrogen and oxygen atoms in total. The van der Waals surface area contributed by atoms with Gasteiger partial charge in [0.15, 0.2) is 5.82 Å². The standard InChI is InChI=1S/C21H29N7O/c1-15(27-13-9-16(10-14-27)19(29)28-11-5-6-12-28)18-24-20(22)26-21(25-18)23-17-7-3-2-4-8-17/h2-4,7-8,15-16H,5-6,9-14H2,1H3,(H3,22,23,24,25,26)/t15-/m0/s1. The summed E-state index contributed by atoms with van der Waals surface area (Å²) in [5.74, 6) is 1.80. The molecule has 8 heteroatoms. The molecule has 3 heterocycles. The average Bonchev–Trinajstić information content (AvgIpc) is 3.28. The van der Waals surface area contributed by atoms with Crippen molar-refractivity contribution >= 4 is 23.5 Å². The van der Waals surface area contributed by atoms with Crippen LogP contribution in [0.15, 0.2) is 30.3 Å². The van der Waals surface area contributed by atoms with Crippen molar-refractivity contribution in [2.24, 2.45) is 5.92 Å². The summed E-state index contributed by atoms with van der Waals surface area (Å²) in [7, 11) is 0. The zero-order valence-electron chi connectivity index (χ0n) is 16.9. The Morgan fingerprint density at radius 2 is 1.76 bits per heavy atom. The van der Waals surface area contributed by atoms with Crippen LogP contribution in [-0.4, -0.2) is 56.8 Å². The summed E-state index contributed by atoms with van der Waals surface area (Å²) >= 11 is 0. The Morgan fingerprint density at radius 1 is 1.07 bits per heavy atom. The van der Waals surface area contributed by atoms with Crippen LogP contribution < -0.4 is 11.1 Å². The molecule has 2 fully saturated rings. The normalized spacial score (nSPS) is 19.3. The lowest BCUT2D eigenvalue weighted by Gasteiger charge is -2.36. The van der Waals surface area contributed by atoms with Gasteiger partial charge in [-0.25, -0.2) is 0 Å². The van der Waals surface area contributed by atoms with E-state index >= 15 is 0 Å². The van der Waals surface area contributed by atoms with Crippen LogP contribution >= 0.6 is 0 Å². The Hall–Kier alpha value is -2.74. The molecule has 2 aromatic rings. The molecule has 0 unspecified atom stereocenters. The smallest absolute Gasteiger partial charge is 0.232 e. The predicted molar refractivity (Wildman–Crippen MR) is 112 cm³/mol. The van der Waals surface area contributed by atoms with Crippen molar-refractivity contribution in [1.29, 1.82) is 0 Å². The lowest BCUT2D eigenvalue weighted by atomic mass is 9.94. The van der Waals surface area contributed by atoms with Crippen molar-refractivity contribution in [3.05, 3.63) is 36.2 Å². The van der Waals surface area contributed by atoms with Gasteiger partial charge in [0.25, 0.3) is 0 Å². The maximum Gasteiger partial charge on any atom is 0.232 e. The first kappa shape index (κ1) is 19.6. The van der Waals surface area contributed by atoms with E-state index < -0.39 is 0 Å². The van der Waals surface area contributed by atoms with Crippen molar-refractivity contribution in [2.75, 3.05) is 37.2 Å². The Labute approximate surface area is 171 Å². The number of hydrogen-bond donors (Lipinski definition) is 2. The SMILES string of the molecule is C[C@@H](c1nc(N)nc(Nc2ccccc2)n1)N1CCC(C(=O)N2CCCC2)CC1. The van der Waals surface area contributed by atoms with Crippen LogP contribution in [0.3, 0.4) is 0 Å². The van der Waals surface area contributed by atoms with E-state index in [4.69, 9.17) is 5.73 Å². The van der Waals surface area contributed by atoms with E-state index in [0.29, 0.717) is 17.7 Å². The van der Waals surface area contributed by atoms with Gasteiger partial charge in [-0.2, -0.15) is 15.0 Å². The van der Waals surface area contributed by atoms with Crippen LogP contribution in [-0.2, 0) is 4.79 Å². The van der Waals surface area contributed by atoms with Crippen LogP contribution in [0, 0.1) is 5.92 Å². The first-order valence-electron chi connectivity index (χ1n) is 10.5. The van der Waals surface area contributed by atoms with Crippen LogP contribution in [0.1, 0.15) is 44.5 Å². The minimum absolute atomic E-state index is 0.0134. The average molecular weight is 396 g/mol. The van der Waals surface area contributed by atoms with Gasteiger partial charge in [-0.05, 0) is 57.8 Å². The number of para-hydroxylation sites is 1. The van der Waals surface area contributed by atoms with Crippen molar-refractivity contribution in [3.8, 4) is 0 Å². The van der Waals surface area contributed by atoms with Gasteiger partial charge < -0.3 is 16.0 Å².